The number of thiophene rings is 1. The minimum atomic E-state index is -4.82. The Bertz CT molecular complexity index is 1640. The van der Waals surface area contributed by atoms with E-state index in [1.54, 1.807) is 18.5 Å². The number of aromatic nitrogens is 5. The minimum Gasteiger partial charge on any atom is -0.365 e. The molecule has 0 radical (unpaired) electrons. The maximum Gasteiger partial charge on any atom is 0.436 e. The van der Waals surface area contributed by atoms with Crippen LogP contribution in [-0.2, 0) is 30.2 Å². The number of halogens is 7. The van der Waals surface area contributed by atoms with Gasteiger partial charge in [0.25, 0.3) is 5.91 Å². The highest BCUT2D eigenvalue weighted by Crippen LogP contribution is 2.44. The lowest BCUT2D eigenvalue weighted by Crippen LogP contribution is -2.19. The summed E-state index contributed by atoms with van der Waals surface area (Å²) < 4.78 is 83.0. The predicted molar refractivity (Wildman–Crippen MR) is 135 cm³/mol. The van der Waals surface area contributed by atoms with Gasteiger partial charge in [-0.2, -0.15) is 36.5 Å². The lowest BCUT2D eigenvalue weighted by atomic mass is 10.0. The highest BCUT2D eigenvalue weighted by atomic mass is 35.5. The van der Waals surface area contributed by atoms with Crippen molar-refractivity contribution in [2.45, 2.75) is 52.6 Å². The molecule has 4 heterocycles. The molecule has 0 aromatic carbocycles. The van der Waals surface area contributed by atoms with Gasteiger partial charge in [0.2, 0.25) is 5.91 Å². The van der Waals surface area contributed by atoms with Gasteiger partial charge in [0.15, 0.2) is 5.69 Å². The van der Waals surface area contributed by atoms with Crippen molar-refractivity contribution in [2.75, 3.05) is 5.32 Å². The molecule has 4 aromatic heterocycles. The van der Waals surface area contributed by atoms with E-state index in [-0.39, 0.29) is 38.6 Å². The molecule has 0 aliphatic heterocycles. The van der Waals surface area contributed by atoms with Crippen LogP contribution in [-0.4, -0.2) is 36.4 Å². The largest absolute Gasteiger partial charge is 0.436 e. The van der Waals surface area contributed by atoms with Crippen LogP contribution < -0.4 is 11.1 Å². The van der Waals surface area contributed by atoms with Crippen LogP contribution in [0, 0.1) is 13.8 Å². The van der Waals surface area contributed by atoms with Crippen molar-refractivity contribution < 1.29 is 35.9 Å². The molecular formula is C23H20ClF6N7O2S. The molecule has 9 nitrogen and oxygen atoms in total. The Morgan fingerprint density at radius 1 is 1.07 bits per heavy atom. The Balaban J connectivity index is 1.78. The van der Waals surface area contributed by atoms with Crippen LogP contribution in [0.4, 0.5) is 32.0 Å². The smallest absolute Gasteiger partial charge is 0.365 e. The average molecular weight is 608 g/mol. The third-order valence-corrected chi connectivity index (χ3v) is 7.64. The molecule has 0 atom stereocenters. The van der Waals surface area contributed by atoms with Crippen molar-refractivity contribution in [1.29, 1.82) is 0 Å². The van der Waals surface area contributed by atoms with Gasteiger partial charge < -0.3 is 11.1 Å². The molecule has 0 fully saturated rings. The van der Waals surface area contributed by atoms with Crippen molar-refractivity contribution in [3.8, 4) is 11.1 Å². The number of hydrogen-bond donors (Lipinski definition) is 2. The van der Waals surface area contributed by atoms with Crippen molar-refractivity contribution in [2.24, 2.45) is 5.73 Å². The number of nitrogens with one attached hydrogen (secondary N) is 1. The molecule has 0 saturated carbocycles. The number of nitrogens with zero attached hydrogens (tertiary/aromatic N) is 5. The van der Waals surface area contributed by atoms with Crippen LogP contribution in [0.25, 0.3) is 21.3 Å². The Kier molecular flexibility index (Phi) is 7.62. The van der Waals surface area contributed by atoms with E-state index in [9.17, 15) is 35.9 Å². The van der Waals surface area contributed by atoms with Gasteiger partial charge in [0.05, 0.1) is 29.1 Å². The first-order valence-corrected chi connectivity index (χ1v) is 12.7. The number of rotatable bonds is 7. The number of fused-ring (bicyclic) bond motifs is 1. The predicted octanol–water partition coefficient (Wildman–Crippen LogP) is 5.81. The SMILES string of the molecule is CCn1ncc(-c2cc(C(F)(F)F)nc3sc(C(N)=O)c(NC(=O)CCn4nc(C(F)(F)F)c(Cl)c4C)c23)c1C. The van der Waals surface area contributed by atoms with Gasteiger partial charge in [-0.3, -0.25) is 19.0 Å². The second-order valence-corrected chi connectivity index (χ2v) is 10.0. The summed E-state index contributed by atoms with van der Waals surface area (Å²) >= 11 is 6.32. The van der Waals surface area contributed by atoms with Crippen LogP contribution in [0.1, 0.15) is 45.8 Å². The fraction of sp³-hybridized carbons (Fsp3) is 0.348. The fourth-order valence-corrected chi connectivity index (χ4v) is 5.36. The first-order valence-electron chi connectivity index (χ1n) is 11.5. The highest BCUT2D eigenvalue weighted by Gasteiger charge is 2.38. The zero-order chi connectivity index (χ0) is 29.7. The number of pyridine rings is 1. The molecule has 214 valence electrons. The Morgan fingerprint density at radius 3 is 2.27 bits per heavy atom. The molecule has 2 amide bonds. The van der Waals surface area contributed by atoms with E-state index in [0.717, 1.165) is 10.7 Å². The van der Waals surface area contributed by atoms with Gasteiger partial charge in [-0.05, 0) is 32.4 Å². The summed E-state index contributed by atoms with van der Waals surface area (Å²) in [5.74, 6) is -1.79. The molecule has 4 aromatic rings. The molecule has 0 aliphatic rings. The fourth-order valence-electron chi connectivity index (χ4n) is 4.11. The number of carbonyl (C=O) groups is 2. The Morgan fingerprint density at radius 2 is 1.75 bits per heavy atom. The lowest BCUT2D eigenvalue weighted by molar-refractivity contribution is -0.142. The zero-order valence-corrected chi connectivity index (χ0v) is 22.5. The molecule has 4 rings (SSSR count). The minimum absolute atomic E-state index is 0.0121. The third-order valence-electron chi connectivity index (χ3n) is 6.09. The molecule has 3 N–H and O–H groups in total. The first kappa shape index (κ1) is 29.3. The summed E-state index contributed by atoms with van der Waals surface area (Å²) in [6.45, 7) is 4.86. The van der Waals surface area contributed by atoms with E-state index in [4.69, 9.17) is 17.3 Å². The lowest BCUT2D eigenvalue weighted by Gasteiger charge is -2.12. The van der Waals surface area contributed by atoms with Crippen molar-refractivity contribution in [1.82, 2.24) is 24.5 Å². The van der Waals surface area contributed by atoms with E-state index < -0.39 is 47.0 Å². The number of hydrogen-bond acceptors (Lipinski definition) is 6. The normalized spacial score (nSPS) is 12.3. The van der Waals surface area contributed by atoms with Gasteiger partial charge in [-0.1, -0.05) is 11.6 Å². The summed E-state index contributed by atoms with van der Waals surface area (Å²) in [4.78, 5) is 28.4. The van der Waals surface area contributed by atoms with Crippen molar-refractivity contribution in [3.63, 3.8) is 0 Å². The van der Waals surface area contributed by atoms with E-state index in [2.05, 4.69) is 20.5 Å². The number of alkyl halides is 6. The molecule has 17 heteroatoms. The summed E-state index contributed by atoms with van der Waals surface area (Å²) in [6, 6.07) is 0.799. The number of aryl methyl sites for hydroxylation is 2. The van der Waals surface area contributed by atoms with Gasteiger partial charge >= 0.3 is 12.4 Å². The molecular weight excluding hydrogens is 588 g/mol. The van der Waals surface area contributed by atoms with E-state index >= 15 is 0 Å². The van der Waals surface area contributed by atoms with Crippen molar-refractivity contribution in [3.05, 3.63) is 44.9 Å². The van der Waals surface area contributed by atoms with Crippen LogP contribution in [0.3, 0.4) is 0 Å². The van der Waals surface area contributed by atoms with Crippen LogP contribution in [0.15, 0.2) is 12.3 Å². The monoisotopic (exact) mass is 607 g/mol. The Labute approximate surface area is 230 Å². The van der Waals surface area contributed by atoms with E-state index in [1.807, 2.05) is 0 Å². The van der Waals surface area contributed by atoms with Crippen molar-refractivity contribution >= 4 is 50.7 Å². The standard InChI is InChI=1S/C23H20ClF6N7O2S/c1-4-36-9(2)12(8-32-36)11-7-13(22(25,26)27)33-21-15(11)17(18(40-21)20(31)39)34-14(38)5-6-37-10(3)16(24)19(35-37)23(28,29)30/h7-8H,4-6H2,1-3H3,(H2,31,39)(H,34,38). The summed E-state index contributed by atoms with van der Waals surface area (Å²) in [5.41, 5.74) is 3.63. The molecule has 0 bridgehead atoms. The molecule has 0 saturated heterocycles. The average Bonchev–Trinajstić information content (AvgIpc) is 3.50. The number of amides is 2. The number of anilines is 1. The molecule has 40 heavy (non-hydrogen) atoms. The molecule has 0 aliphatic carbocycles. The summed E-state index contributed by atoms with van der Waals surface area (Å²) in [7, 11) is 0. The summed E-state index contributed by atoms with van der Waals surface area (Å²) in [5, 5.41) is 9.54. The topological polar surface area (TPSA) is 121 Å². The second kappa shape index (κ2) is 10.4. The van der Waals surface area contributed by atoms with E-state index in [0.29, 0.717) is 29.1 Å². The maximum atomic E-state index is 13.7. The quantitative estimate of drug-likeness (QED) is 0.257. The molecule has 0 spiro atoms. The van der Waals surface area contributed by atoms with Gasteiger partial charge in [0.1, 0.15) is 15.4 Å². The van der Waals surface area contributed by atoms with Gasteiger partial charge in [-0.25, -0.2) is 4.98 Å². The summed E-state index contributed by atoms with van der Waals surface area (Å²) in [6.07, 6.45) is -8.68. The van der Waals surface area contributed by atoms with Crippen LogP contribution in [0.5, 0.6) is 0 Å². The Hall–Kier alpha value is -3.66. The number of primary amides is 1. The highest BCUT2D eigenvalue weighted by molar-refractivity contribution is 7.21. The van der Waals surface area contributed by atoms with Crippen LogP contribution in [0.2, 0.25) is 5.02 Å². The third kappa shape index (κ3) is 5.37. The number of nitrogens with two attached hydrogens (primary N) is 1. The number of carbonyl (C=O) groups excluding carboxylic acids is 2. The van der Waals surface area contributed by atoms with Gasteiger partial charge in [-0.15, -0.1) is 11.3 Å². The second-order valence-electron chi connectivity index (χ2n) is 8.63. The van der Waals surface area contributed by atoms with Gasteiger partial charge in [0, 0.05) is 29.6 Å². The zero-order valence-electron chi connectivity index (χ0n) is 21.0. The van der Waals surface area contributed by atoms with Crippen LogP contribution >= 0.6 is 22.9 Å². The molecule has 0 unspecified atom stereocenters. The van der Waals surface area contributed by atoms with E-state index in [1.165, 1.54) is 13.1 Å². The first-order chi connectivity index (χ1) is 18.5. The maximum absolute atomic E-state index is 13.7.